The van der Waals surface area contributed by atoms with Crippen LogP contribution < -0.4 is 10.6 Å². The van der Waals surface area contributed by atoms with Crippen LogP contribution in [-0.4, -0.2) is 71.1 Å². The molecule has 2 N–H and O–H groups in total. The number of nitrogens with zero attached hydrogens (tertiary/aromatic N) is 3. The van der Waals surface area contributed by atoms with Gasteiger partial charge in [-0.25, -0.2) is 4.98 Å². The summed E-state index contributed by atoms with van der Waals surface area (Å²) >= 11 is 1.33. The van der Waals surface area contributed by atoms with Gasteiger partial charge in [0.15, 0.2) is 0 Å². The molecule has 2 aliphatic rings. The van der Waals surface area contributed by atoms with E-state index in [-0.39, 0.29) is 36.2 Å². The molecule has 0 radical (unpaired) electrons. The molecule has 0 bridgehead atoms. The number of hydrogen-bond donors (Lipinski definition) is 2. The maximum atomic E-state index is 12.5. The van der Waals surface area contributed by atoms with Gasteiger partial charge in [-0.1, -0.05) is 0 Å². The van der Waals surface area contributed by atoms with Crippen molar-refractivity contribution in [3.05, 3.63) is 45.4 Å². The number of thiazole rings is 1. The average Bonchev–Trinajstić information content (AvgIpc) is 3.27. The highest BCUT2D eigenvalue weighted by Crippen LogP contribution is 2.25. The van der Waals surface area contributed by atoms with Crippen molar-refractivity contribution in [2.24, 2.45) is 0 Å². The second-order valence-corrected chi connectivity index (χ2v) is 8.62. The predicted octanol–water partition coefficient (Wildman–Crippen LogP) is 1.51. The fourth-order valence-electron chi connectivity index (χ4n) is 3.85. The lowest BCUT2D eigenvalue weighted by atomic mass is 10.0. The summed E-state index contributed by atoms with van der Waals surface area (Å²) < 4.78 is 0. The largest absolute Gasteiger partial charge is 0.348 e. The third kappa shape index (κ3) is 4.35. The lowest BCUT2D eigenvalue weighted by Gasteiger charge is -2.31. The van der Waals surface area contributed by atoms with Crippen LogP contribution in [-0.2, 0) is 4.79 Å². The first-order chi connectivity index (χ1) is 14.8. The molecule has 0 atom stereocenters. The number of hydrogen-bond acceptors (Lipinski definition) is 7. The van der Waals surface area contributed by atoms with Gasteiger partial charge in [0.1, 0.15) is 4.88 Å². The second-order valence-electron chi connectivity index (χ2n) is 7.77. The lowest BCUT2D eigenvalue weighted by molar-refractivity contribution is -0.117. The van der Waals surface area contributed by atoms with Crippen LogP contribution in [0, 0.1) is 6.92 Å². The van der Waals surface area contributed by atoms with Crippen molar-refractivity contribution in [1.82, 2.24) is 20.1 Å². The molecule has 4 rings (SSSR count). The van der Waals surface area contributed by atoms with Crippen molar-refractivity contribution in [2.45, 2.75) is 25.8 Å². The van der Waals surface area contributed by atoms with Crippen LogP contribution in [0.3, 0.4) is 0 Å². The highest BCUT2D eigenvalue weighted by Gasteiger charge is 2.33. The second kappa shape index (κ2) is 8.56. The highest BCUT2D eigenvalue weighted by atomic mass is 32.1. The summed E-state index contributed by atoms with van der Waals surface area (Å²) in [5, 5.41) is 5.85. The van der Waals surface area contributed by atoms with Crippen LogP contribution in [0.4, 0.5) is 5.69 Å². The molecule has 31 heavy (non-hydrogen) atoms. The maximum absolute atomic E-state index is 12.5. The number of imide groups is 1. The topological polar surface area (TPSA) is 112 Å². The van der Waals surface area contributed by atoms with Crippen molar-refractivity contribution in [3.63, 3.8) is 0 Å². The van der Waals surface area contributed by atoms with E-state index in [2.05, 4.69) is 15.6 Å². The molecule has 1 saturated heterocycles. The molecule has 4 amide bonds. The van der Waals surface area contributed by atoms with E-state index in [9.17, 15) is 19.2 Å². The smallest absolute Gasteiger partial charge is 0.263 e. The Kier molecular flexibility index (Phi) is 5.84. The van der Waals surface area contributed by atoms with Crippen molar-refractivity contribution >= 4 is 40.7 Å². The van der Waals surface area contributed by atoms with Gasteiger partial charge in [0.05, 0.1) is 28.9 Å². The predicted molar refractivity (Wildman–Crippen MR) is 115 cm³/mol. The first-order valence-electron chi connectivity index (χ1n) is 10.0. The molecule has 1 aromatic heterocycles. The lowest BCUT2D eigenvalue weighted by Crippen LogP contribution is -2.46. The van der Waals surface area contributed by atoms with Gasteiger partial charge < -0.3 is 10.6 Å². The summed E-state index contributed by atoms with van der Waals surface area (Å²) in [7, 11) is 1.44. The summed E-state index contributed by atoms with van der Waals surface area (Å²) in [4.78, 5) is 56.7. The highest BCUT2D eigenvalue weighted by molar-refractivity contribution is 7.11. The Hall–Kier alpha value is -3.11. The molecule has 2 aliphatic heterocycles. The Balaban J connectivity index is 1.26. The van der Waals surface area contributed by atoms with Crippen molar-refractivity contribution in [1.29, 1.82) is 0 Å². The third-order valence-corrected chi connectivity index (χ3v) is 6.54. The SMILES string of the molecule is Cc1ncsc1C(=O)NC1CCN(CC(=O)Nc2ccc3c(c2)C(=O)N(C)C3=O)CC1. The number of anilines is 1. The average molecular weight is 442 g/mol. The van der Waals surface area contributed by atoms with E-state index in [0.29, 0.717) is 34.8 Å². The number of rotatable bonds is 5. The van der Waals surface area contributed by atoms with Gasteiger partial charge in [-0.3, -0.25) is 29.0 Å². The van der Waals surface area contributed by atoms with E-state index in [1.54, 1.807) is 23.7 Å². The molecule has 0 unspecified atom stereocenters. The number of nitrogens with one attached hydrogen (secondary N) is 2. The van der Waals surface area contributed by atoms with Crippen LogP contribution >= 0.6 is 11.3 Å². The van der Waals surface area contributed by atoms with Gasteiger partial charge in [0.2, 0.25) is 5.91 Å². The Morgan fingerprint density at radius 3 is 2.55 bits per heavy atom. The number of carbonyl (C=O) groups is 4. The number of amides is 4. The Morgan fingerprint density at radius 1 is 1.16 bits per heavy atom. The Morgan fingerprint density at radius 2 is 1.87 bits per heavy atom. The fourth-order valence-corrected chi connectivity index (χ4v) is 4.55. The maximum Gasteiger partial charge on any atom is 0.263 e. The normalized spacial score (nSPS) is 17.0. The van der Waals surface area contributed by atoms with Crippen LogP contribution in [0.15, 0.2) is 23.7 Å². The van der Waals surface area contributed by atoms with Crippen molar-refractivity contribution in [3.8, 4) is 0 Å². The van der Waals surface area contributed by atoms with E-state index in [4.69, 9.17) is 0 Å². The zero-order valence-corrected chi connectivity index (χ0v) is 18.1. The Labute approximate surface area is 183 Å². The molecule has 9 nitrogen and oxygen atoms in total. The van der Waals surface area contributed by atoms with Crippen LogP contribution in [0.2, 0.25) is 0 Å². The molecular formula is C21H23N5O4S. The molecular weight excluding hydrogens is 418 g/mol. The molecule has 1 fully saturated rings. The summed E-state index contributed by atoms with van der Waals surface area (Å²) in [6, 6.07) is 4.81. The molecule has 0 spiro atoms. The van der Waals surface area contributed by atoms with Crippen LogP contribution in [0.25, 0.3) is 0 Å². The molecule has 2 aromatic rings. The third-order valence-electron chi connectivity index (χ3n) is 5.62. The number of benzene rings is 1. The van der Waals surface area contributed by atoms with Crippen molar-refractivity contribution in [2.75, 3.05) is 32.0 Å². The summed E-state index contributed by atoms with van der Waals surface area (Å²) in [6.07, 6.45) is 1.53. The monoisotopic (exact) mass is 441 g/mol. The first kappa shape index (κ1) is 21.1. The van der Waals surface area contributed by atoms with Gasteiger partial charge in [-0.15, -0.1) is 11.3 Å². The minimum Gasteiger partial charge on any atom is -0.348 e. The number of piperidine rings is 1. The fraction of sp³-hybridized carbons (Fsp3) is 0.381. The van der Waals surface area contributed by atoms with Crippen LogP contribution in [0.1, 0.15) is 48.9 Å². The minimum absolute atomic E-state index is 0.0746. The molecule has 0 aliphatic carbocycles. The Bertz CT molecular complexity index is 1060. The zero-order valence-electron chi connectivity index (χ0n) is 17.3. The molecule has 3 heterocycles. The quantitative estimate of drug-likeness (QED) is 0.681. The minimum atomic E-state index is -0.367. The van der Waals surface area contributed by atoms with E-state index < -0.39 is 0 Å². The molecule has 10 heteroatoms. The van der Waals surface area contributed by atoms with E-state index >= 15 is 0 Å². The summed E-state index contributed by atoms with van der Waals surface area (Å²) in [5.41, 5.74) is 3.54. The summed E-state index contributed by atoms with van der Waals surface area (Å²) in [6.45, 7) is 3.43. The molecule has 1 aromatic carbocycles. The molecule has 0 saturated carbocycles. The van der Waals surface area contributed by atoms with Gasteiger partial charge in [-0.2, -0.15) is 0 Å². The van der Waals surface area contributed by atoms with Gasteiger partial charge in [-0.05, 0) is 38.0 Å². The van der Waals surface area contributed by atoms with E-state index in [1.165, 1.54) is 18.4 Å². The van der Waals surface area contributed by atoms with E-state index in [0.717, 1.165) is 23.4 Å². The van der Waals surface area contributed by atoms with E-state index in [1.807, 2.05) is 11.8 Å². The first-order valence-corrected chi connectivity index (χ1v) is 10.9. The number of aromatic nitrogens is 1. The summed E-state index contributed by atoms with van der Waals surface area (Å²) in [5.74, 6) is -0.980. The number of fused-ring (bicyclic) bond motifs is 1. The number of carbonyl (C=O) groups excluding carboxylic acids is 4. The standard InChI is InChI=1S/C21H23N5O4S/c1-12-18(31-11-22-12)19(28)24-13-5-7-26(8-6-13)10-17(27)23-14-3-4-15-16(9-14)21(30)25(2)20(15)29/h3-4,9,11,13H,5-8,10H2,1-2H3,(H,23,27)(H,24,28). The van der Waals surface area contributed by atoms with Crippen LogP contribution in [0.5, 0.6) is 0 Å². The van der Waals surface area contributed by atoms with Gasteiger partial charge in [0.25, 0.3) is 17.7 Å². The number of aryl methyl sites for hydroxylation is 1. The van der Waals surface area contributed by atoms with Gasteiger partial charge >= 0.3 is 0 Å². The molecule has 162 valence electrons. The van der Waals surface area contributed by atoms with Gasteiger partial charge in [0, 0.05) is 31.9 Å². The zero-order chi connectivity index (χ0) is 22.1. The number of likely N-dealkylation sites (tertiary alicyclic amines) is 1. The van der Waals surface area contributed by atoms with Crippen molar-refractivity contribution < 1.29 is 19.2 Å².